The number of aromatic amines is 1. The summed E-state index contributed by atoms with van der Waals surface area (Å²) in [7, 11) is 0. The van der Waals surface area contributed by atoms with Crippen molar-refractivity contribution in [1.82, 2.24) is 20.2 Å². The molecule has 0 unspecified atom stereocenters. The van der Waals surface area contributed by atoms with Gasteiger partial charge >= 0.3 is 5.69 Å². The predicted molar refractivity (Wildman–Crippen MR) is 67.6 cm³/mol. The third-order valence-corrected chi connectivity index (χ3v) is 2.30. The van der Waals surface area contributed by atoms with Crippen molar-refractivity contribution in [3.05, 3.63) is 33.1 Å². The van der Waals surface area contributed by atoms with E-state index in [1.165, 1.54) is 23.8 Å². The molecule has 104 valence electrons. The number of aryl methyl sites for hydroxylation is 1. The number of hydrogen-bond donors (Lipinski definition) is 3. The Labute approximate surface area is 108 Å². The van der Waals surface area contributed by atoms with Gasteiger partial charge in [-0.1, -0.05) is 0 Å². The molecule has 8 heteroatoms. The third-order valence-electron chi connectivity index (χ3n) is 2.30. The lowest BCUT2D eigenvalue weighted by atomic mass is 10.4. The largest absolute Gasteiger partial charge is 0.355 e. The molecule has 1 heterocycles. The van der Waals surface area contributed by atoms with E-state index in [0.29, 0.717) is 13.1 Å². The van der Waals surface area contributed by atoms with Crippen LogP contribution in [0.3, 0.4) is 0 Å². The quantitative estimate of drug-likeness (QED) is 0.527. The maximum absolute atomic E-state index is 11.4. The third kappa shape index (κ3) is 5.66. The van der Waals surface area contributed by atoms with Gasteiger partial charge in [0.25, 0.3) is 5.56 Å². The number of H-pyrrole nitrogens is 1. The molecule has 0 spiro atoms. The van der Waals surface area contributed by atoms with Gasteiger partial charge in [-0.25, -0.2) is 4.79 Å². The van der Waals surface area contributed by atoms with E-state index in [0.717, 1.165) is 0 Å². The first-order chi connectivity index (χ1) is 8.99. The molecule has 0 saturated heterocycles. The van der Waals surface area contributed by atoms with Gasteiger partial charge < -0.3 is 15.2 Å². The van der Waals surface area contributed by atoms with E-state index in [-0.39, 0.29) is 24.8 Å². The van der Waals surface area contributed by atoms with E-state index in [1.54, 1.807) is 0 Å². The fourth-order valence-electron chi connectivity index (χ4n) is 1.37. The Morgan fingerprint density at radius 2 is 1.95 bits per heavy atom. The SMILES string of the molecule is CC(=O)NCCNC(=O)CCn1ccc(=O)[nH]c1=O. The first-order valence-electron chi connectivity index (χ1n) is 5.80. The molecule has 0 radical (unpaired) electrons. The molecular formula is C11H16N4O4. The minimum absolute atomic E-state index is 0.117. The van der Waals surface area contributed by atoms with Crippen LogP contribution in [0, 0.1) is 0 Å². The van der Waals surface area contributed by atoms with Gasteiger partial charge in [-0.15, -0.1) is 0 Å². The Morgan fingerprint density at radius 3 is 2.58 bits per heavy atom. The van der Waals surface area contributed by atoms with Crippen molar-refractivity contribution in [1.29, 1.82) is 0 Å². The first-order valence-corrected chi connectivity index (χ1v) is 5.80. The van der Waals surface area contributed by atoms with Crippen LogP contribution in [-0.2, 0) is 16.1 Å². The van der Waals surface area contributed by atoms with Crippen molar-refractivity contribution >= 4 is 11.8 Å². The van der Waals surface area contributed by atoms with Gasteiger partial charge in [-0.3, -0.25) is 19.4 Å². The van der Waals surface area contributed by atoms with Gasteiger partial charge in [0, 0.05) is 45.2 Å². The molecule has 19 heavy (non-hydrogen) atoms. The second kappa shape index (κ2) is 7.14. The van der Waals surface area contributed by atoms with Crippen LogP contribution in [0.25, 0.3) is 0 Å². The monoisotopic (exact) mass is 268 g/mol. The second-order valence-electron chi connectivity index (χ2n) is 3.89. The summed E-state index contributed by atoms with van der Waals surface area (Å²) >= 11 is 0. The molecule has 0 atom stereocenters. The number of nitrogens with zero attached hydrogens (tertiary/aromatic N) is 1. The van der Waals surface area contributed by atoms with Crippen LogP contribution in [0.4, 0.5) is 0 Å². The highest BCUT2D eigenvalue weighted by atomic mass is 16.2. The molecular weight excluding hydrogens is 252 g/mol. The van der Waals surface area contributed by atoms with Crippen molar-refractivity contribution < 1.29 is 9.59 Å². The molecule has 2 amide bonds. The van der Waals surface area contributed by atoms with E-state index < -0.39 is 11.2 Å². The van der Waals surface area contributed by atoms with Gasteiger partial charge in [0.2, 0.25) is 11.8 Å². The van der Waals surface area contributed by atoms with E-state index in [4.69, 9.17) is 0 Å². The van der Waals surface area contributed by atoms with E-state index >= 15 is 0 Å². The highest BCUT2D eigenvalue weighted by Crippen LogP contribution is 1.85. The van der Waals surface area contributed by atoms with Crippen molar-refractivity contribution in [2.24, 2.45) is 0 Å². The van der Waals surface area contributed by atoms with E-state index in [1.807, 2.05) is 0 Å². The van der Waals surface area contributed by atoms with Crippen LogP contribution in [0.2, 0.25) is 0 Å². The number of carbonyl (C=O) groups excluding carboxylic acids is 2. The molecule has 1 rings (SSSR count). The Morgan fingerprint density at radius 1 is 1.26 bits per heavy atom. The lowest BCUT2D eigenvalue weighted by Crippen LogP contribution is -2.35. The lowest BCUT2D eigenvalue weighted by Gasteiger charge is -2.06. The normalized spacial score (nSPS) is 9.95. The van der Waals surface area contributed by atoms with Gasteiger partial charge in [-0.2, -0.15) is 0 Å². The molecule has 1 aromatic heterocycles. The Hall–Kier alpha value is -2.38. The van der Waals surface area contributed by atoms with Crippen LogP contribution in [0.5, 0.6) is 0 Å². The number of nitrogens with one attached hydrogen (secondary N) is 3. The van der Waals surface area contributed by atoms with Gasteiger partial charge in [0.05, 0.1) is 0 Å². The summed E-state index contributed by atoms with van der Waals surface area (Å²) in [4.78, 5) is 46.2. The minimum atomic E-state index is -0.543. The fourth-order valence-corrected chi connectivity index (χ4v) is 1.37. The van der Waals surface area contributed by atoms with Crippen molar-refractivity contribution in [3.63, 3.8) is 0 Å². The molecule has 0 aliphatic rings. The van der Waals surface area contributed by atoms with Crippen LogP contribution >= 0.6 is 0 Å². The number of rotatable bonds is 6. The highest BCUT2D eigenvalue weighted by Gasteiger charge is 2.03. The van der Waals surface area contributed by atoms with Crippen LogP contribution in [-0.4, -0.2) is 34.5 Å². The summed E-state index contributed by atoms with van der Waals surface area (Å²) in [6.45, 7) is 2.27. The Kier molecular flexibility index (Phi) is 5.52. The maximum Gasteiger partial charge on any atom is 0.328 e. The number of aromatic nitrogens is 2. The van der Waals surface area contributed by atoms with E-state index in [2.05, 4.69) is 15.6 Å². The predicted octanol–water partition coefficient (Wildman–Crippen LogP) is -1.82. The summed E-state index contributed by atoms with van der Waals surface area (Å²) in [6.07, 6.45) is 1.46. The molecule has 0 aliphatic heterocycles. The second-order valence-corrected chi connectivity index (χ2v) is 3.89. The molecule has 0 bridgehead atoms. The molecule has 0 fully saturated rings. The van der Waals surface area contributed by atoms with Gasteiger partial charge in [0.15, 0.2) is 0 Å². The van der Waals surface area contributed by atoms with E-state index in [9.17, 15) is 19.2 Å². The summed E-state index contributed by atoms with van der Waals surface area (Å²) < 4.78 is 1.24. The molecule has 1 aromatic rings. The lowest BCUT2D eigenvalue weighted by molar-refractivity contribution is -0.122. The number of amides is 2. The Bertz CT molecular complexity index is 560. The summed E-state index contributed by atoms with van der Waals surface area (Å²) in [6, 6.07) is 1.22. The zero-order valence-electron chi connectivity index (χ0n) is 10.6. The van der Waals surface area contributed by atoms with Crippen LogP contribution in [0.1, 0.15) is 13.3 Å². The standard InChI is InChI=1S/C11H16N4O4/c1-8(16)12-4-5-13-9(17)2-6-15-7-3-10(18)14-11(15)19/h3,7H,2,4-6H2,1H3,(H,12,16)(H,13,17)(H,14,18,19). The van der Waals surface area contributed by atoms with Crippen molar-refractivity contribution in [2.45, 2.75) is 19.9 Å². The fraction of sp³-hybridized carbons (Fsp3) is 0.455. The topological polar surface area (TPSA) is 113 Å². The summed E-state index contributed by atoms with van der Waals surface area (Å²) in [5.74, 6) is -0.391. The average molecular weight is 268 g/mol. The average Bonchev–Trinajstić information content (AvgIpc) is 2.33. The summed E-state index contributed by atoms with van der Waals surface area (Å²) in [5.41, 5.74) is -1.01. The van der Waals surface area contributed by atoms with Gasteiger partial charge in [0.1, 0.15) is 0 Å². The summed E-state index contributed by atoms with van der Waals surface area (Å²) in [5, 5.41) is 5.14. The maximum atomic E-state index is 11.4. The zero-order chi connectivity index (χ0) is 14.3. The molecule has 0 aromatic carbocycles. The first kappa shape index (κ1) is 14.7. The molecule has 8 nitrogen and oxygen atoms in total. The molecule has 0 saturated carbocycles. The zero-order valence-corrected chi connectivity index (χ0v) is 10.6. The van der Waals surface area contributed by atoms with Crippen LogP contribution < -0.4 is 21.9 Å². The Balaban J connectivity index is 2.32. The van der Waals surface area contributed by atoms with Gasteiger partial charge in [-0.05, 0) is 0 Å². The molecule has 3 N–H and O–H groups in total. The minimum Gasteiger partial charge on any atom is -0.355 e. The number of carbonyl (C=O) groups is 2. The van der Waals surface area contributed by atoms with Crippen molar-refractivity contribution in [2.75, 3.05) is 13.1 Å². The molecule has 0 aliphatic carbocycles. The number of hydrogen-bond acceptors (Lipinski definition) is 4. The smallest absolute Gasteiger partial charge is 0.328 e. The highest BCUT2D eigenvalue weighted by molar-refractivity contribution is 5.76. The van der Waals surface area contributed by atoms with Crippen LogP contribution in [0.15, 0.2) is 21.9 Å². The van der Waals surface area contributed by atoms with Crippen molar-refractivity contribution in [3.8, 4) is 0 Å².